The lowest BCUT2D eigenvalue weighted by atomic mass is 10.1. The predicted octanol–water partition coefficient (Wildman–Crippen LogP) is 1.78. The lowest BCUT2D eigenvalue weighted by Crippen LogP contribution is -2.11. The molecule has 0 aliphatic carbocycles. The van der Waals surface area contributed by atoms with Gasteiger partial charge in [0.15, 0.2) is 0 Å². The summed E-state index contributed by atoms with van der Waals surface area (Å²) in [6, 6.07) is 5.07. The van der Waals surface area contributed by atoms with Gasteiger partial charge in [0.2, 0.25) is 0 Å². The molecular weight excluding hydrogens is 245 g/mol. The lowest BCUT2D eigenvalue weighted by molar-refractivity contribution is 0.273. The summed E-state index contributed by atoms with van der Waals surface area (Å²) >= 11 is 0. The first kappa shape index (κ1) is 13.7. The number of imidazole rings is 1. The van der Waals surface area contributed by atoms with E-state index in [1.165, 1.54) is 6.07 Å². The van der Waals surface area contributed by atoms with Gasteiger partial charge in [0, 0.05) is 24.7 Å². The monoisotopic (exact) mass is 263 g/mol. The molecule has 0 aliphatic heterocycles. The van der Waals surface area contributed by atoms with Crippen molar-refractivity contribution in [2.45, 2.75) is 13.2 Å². The summed E-state index contributed by atoms with van der Waals surface area (Å²) in [7, 11) is 5.60. The van der Waals surface area contributed by atoms with Crippen LogP contribution in [0.25, 0.3) is 11.3 Å². The van der Waals surface area contributed by atoms with E-state index in [-0.39, 0.29) is 12.4 Å². The summed E-state index contributed by atoms with van der Waals surface area (Å²) in [5.74, 6) is -0.249. The Bertz CT molecular complexity index is 578. The number of aryl methyl sites for hydroxylation is 1. The molecule has 0 amide bonds. The molecule has 102 valence electrons. The second-order valence-electron chi connectivity index (χ2n) is 4.85. The Hall–Kier alpha value is -1.72. The van der Waals surface area contributed by atoms with Crippen molar-refractivity contribution in [2.75, 3.05) is 14.1 Å². The average molecular weight is 263 g/mol. The predicted molar refractivity (Wildman–Crippen MR) is 71.9 cm³/mol. The molecule has 0 spiro atoms. The molecule has 0 atom stereocenters. The van der Waals surface area contributed by atoms with Crippen LogP contribution >= 0.6 is 0 Å². The van der Waals surface area contributed by atoms with Crippen LogP contribution in [0.4, 0.5) is 4.39 Å². The molecule has 0 radical (unpaired) electrons. The third-order valence-corrected chi connectivity index (χ3v) is 3.02. The van der Waals surface area contributed by atoms with E-state index in [0.29, 0.717) is 29.1 Å². The molecule has 19 heavy (non-hydrogen) atoms. The highest BCUT2D eigenvalue weighted by Crippen LogP contribution is 2.24. The number of aromatic nitrogens is 2. The summed E-state index contributed by atoms with van der Waals surface area (Å²) in [5.41, 5.74) is 2.64. The summed E-state index contributed by atoms with van der Waals surface area (Å²) < 4.78 is 15.8. The molecule has 1 aromatic carbocycles. The van der Waals surface area contributed by atoms with Crippen LogP contribution in [0, 0.1) is 5.82 Å². The number of hydrogen-bond donors (Lipinski definition) is 1. The van der Waals surface area contributed by atoms with Crippen molar-refractivity contribution >= 4 is 0 Å². The fourth-order valence-electron chi connectivity index (χ4n) is 2.05. The molecule has 4 nitrogen and oxygen atoms in total. The maximum atomic E-state index is 14.0. The maximum Gasteiger partial charge on any atom is 0.128 e. The van der Waals surface area contributed by atoms with E-state index in [1.54, 1.807) is 24.0 Å². The van der Waals surface area contributed by atoms with Crippen molar-refractivity contribution in [3.63, 3.8) is 0 Å². The number of benzene rings is 1. The molecule has 2 rings (SSSR count). The highest BCUT2D eigenvalue weighted by atomic mass is 19.1. The van der Waals surface area contributed by atoms with Crippen LogP contribution in [-0.4, -0.2) is 33.7 Å². The number of halogens is 1. The van der Waals surface area contributed by atoms with Gasteiger partial charge in [0.05, 0.1) is 24.3 Å². The molecule has 1 aromatic heterocycles. The molecule has 1 N–H and O–H groups in total. The zero-order chi connectivity index (χ0) is 14.0. The van der Waals surface area contributed by atoms with E-state index in [0.717, 1.165) is 0 Å². The summed E-state index contributed by atoms with van der Waals surface area (Å²) in [6.45, 7) is 0.439. The van der Waals surface area contributed by atoms with Crippen LogP contribution in [0.5, 0.6) is 0 Å². The van der Waals surface area contributed by atoms with Crippen molar-refractivity contribution in [2.24, 2.45) is 7.05 Å². The van der Waals surface area contributed by atoms with Crippen molar-refractivity contribution in [3.8, 4) is 11.3 Å². The Balaban J connectivity index is 2.39. The molecule has 0 bridgehead atoms. The van der Waals surface area contributed by atoms with Crippen LogP contribution in [0.2, 0.25) is 0 Å². The van der Waals surface area contributed by atoms with E-state index in [4.69, 9.17) is 0 Å². The van der Waals surface area contributed by atoms with Gasteiger partial charge in [0.1, 0.15) is 5.82 Å². The largest absolute Gasteiger partial charge is 0.390 e. The normalized spacial score (nSPS) is 11.3. The van der Waals surface area contributed by atoms with E-state index in [2.05, 4.69) is 4.98 Å². The lowest BCUT2D eigenvalue weighted by Gasteiger charge is -2.11. The number of hydrogen-bond acceptors (Lipinski definition) is 3. The van der Waals surface area contributed by atoms with Crippen molar-refractivity contribution in [1.82, 2.24) is 14.5 Å². The van der Waals surface area contributed by atoms with Gasteiger partial charge in [-0.2, -0.15) is 0 Å². The Morgan fingerprint density at radius 2 is 2.11 bits per heavy atom. The standard InChI is InChI=1S/C14H18FN3O/c1-17(2)7-11-5-4-10(6-12(11)15)14-13(8-19)18(3)9-16-14/h4-6,9,19H,7-8H2,1-3H3. The number of nitrogens with zero attached hydrogens (tertiary/aromatic N) is 3. The minimum absolute atomic E-state index is 0.118. The average Bonchev–Trinajstić information content (AvgIpc) is 2.72. The fraction of sp³-hybridized carbons (Fsp3) is 0.357. The zero-order valence-electron chi connectivity index (χ0n) is 11.4. The number of rotatable bonds is 4. The van der Waals surface area contributed by atoms with E-state index in [1.807, 2.05) is 25.1 Å². The minimum Gasteiger partial charge on any atom is -0.390 e. The third kappa shape index (κ3) is 2.83. The van der Waals surface area contributed by atoms with Crippen LogP contribution in [-0.2, 0) is 20.2 Å². The maximum absolute atomic E-state index is 14.0. The van der Waals surface area contributed by atoms with E-state index >= 15 is 0 Å². The van der Waals surface area contributed by atoms with Gasteiger partial charge in [-0.05, 0) is 20.2 Å². The molecule has 0 saturated heterocycles. The van der Waals surface area contributed by atoms with E-state index in [9.17, 15) is 9.50 Å². The topological polar surface area (TPSA) is 41.3 Å². The number of aliphatic hydroxyl groups excluding tert-OH is 1. The summed E-state index contributed by atoms with van der Waals surface area (Å²) in [6.07, 6.45) is 1.62. The van der Waals surface area contributed by atoms with Gasteiger partial charge < -0.3 is 14.6 Å². The van der Waals surface area contributed by atoms with Crippen LogP contribution in [0.15, 0.2) is 24.5 Å². The van der Waals surface area contributed by atoms with Crippen LogP contribution < -0.4 is 0 Å². The first-order chi connectivity index (χ1) is 9.02. The molecule has 0 unspecified atom stereocenters. The van der Waals surface area contributed by atoms with Gasteiger partial charge in [-0.15, -0.1) is 0 Å². The Morgan fingerprint density at radius 1 is 1.37 bits per heavy atom. The van der Waals surface area contributed by atoms with Crippen molar-refractivity contribution in [1.29, 1.82) is 0 Å². The van der Waals surface area contributed by atoms with E-state index < -0.39 is 0 Å². The highest BCUT2D eigenvalue weighted by Gasteiger charge is 2.12. The zero-order valence-corrected chi connectivity index (χ0v) is 11.4. The SMILES string of the molecule is CN(C)Cc1ccc(-c2ncn(C)c2CO)cc1F. The molecule has 0 fully saturated rings. The second kappa shape index (κ2) is 5.50. The van der Waals surface area contributed by atoms with Gasteiger partial charge in [-0.25, -0.2) is 9.37 Å². The summed E-state index contributed by atoms with van der Waals surface area (Å²) in [5, 5.41) is 9.33. The van der Waals surface area contributed by atoms with Crippen LogP contribution in [0.3, 0.4) is 0 Å². The van der Waals surface area contributed by atoms with Crippen molar-refractivity contribution < 1.29 is 9.50 Å². The third-order valence-electron chi connectivity index (χ3n) is 3.02. The molecule has 2 aromatic rings. The smallest absolute Gasteiger partial charge is 0.128 e. The van der Waals surface area contributed by atoms with Gasteiger partial charge in [-0.3, -0.25) is 0 Å². The Kier molecular flexibility index (Phi) is 3.97. The molecule has 0 aliphatic rings. The van der Waals surface area contributed by atoms with Crippen LogP contribution in [0.1, 0.15) is 11.3 Å². The molecule has 0 saturated carbocycles. The molecule has 5 heteroatoms. The van der Waals surface area contributed by atoms with Crippen molar-refractivity contribution in [3.05, 3.63) is 41.6 Å². The first-order valence-electron chi connectivity index (χ1n) is 6.07. The summed E-state index contributed by atoms with van der Waals surface area (Å²) in [4.78, 5) is 6.13. The highest BCUT2D eigenvalue weighted by molar-refractivity contribution is 5.62. The molecule has 1 heterocycles. The number of aliphatic hydroxyl groups is 1. The molecular formula is C14H18FN3O. The first-order valence-corrected chi connectivity index (χ1v) is 6.07. The van der Waals surface area contributed by atoms with Gasteiger partial charge >= 0.3 is 0 Å². The van der Waals surface area contributed by atoms with Gasteiger partial charge in [-0.1, -0.05) is 12.1 Å². The minimum atomic E-state index is -0.249. The fourth-order valence-corrected chi connectivity index (χ4v) is 2.05. The second-order valence-corrected chi connectivity index (χ2v) is 4.85. The Labute approximate surface area is 112 Å². The Morgan fingerprint density at radius 3 is 2.68 bits per heavy atom. The quantitative estimate of drug-likeness (QED) is 0.914. The van der Waals surface area contributed by atoms with Gasteiger partial charge in [0.25, 0.3) is 0 Å².